The Morgan fingerprint density at radius 1 is 1.29 bits per heavy atom. The second-order valence-electron chi connectivity index (χ2n) is 6.58. The van der Waals surface area contributed by atoms with E-state index in [4.69, 9.17) is 0 Å². The van der Waals surface area contributed by atoms with Crippen molar-refractivity contribution in [1.29, 1.82) is 0 Å². The van der Waals surface area contributed by atoms with Gasteiger partial charge in [0.05, 0.1) is 5.75 Å². The Hall–Kier alpha value is -1.56. The second-order valence-corrected chi connectivity index (χ2v) is 7.65. The van der Waals surface area contributed by atoms with Gasteiger partial charge >= 0.3 is 0 Å². The first-order chi connectivity index (χ1) is 11.3. The van der Waals surface area contributed by atoms with Crippen LogP contribution in [0.4, 0.5) is 4.39 Å². The first-order valence-electron chi connectivity index (χ1n) is 8.28. The summed E-state index contributed by atoms with van der Waals surface area (Å²) < 4.78 is 13.1. The van der Waals surface area contributed by atoms with Gasteiger partial charge < -0.3 is 9.80 Å². The normalized spacial score (nSPS) is 17.9. The lowest BCUT2D eigenvalue weighted by atomic mass is 10.1. The van der Waals surface area contributed by atoms with E-state index in [9.17, 15) is 14.0 Å². The Morgan fingerprint density at radius 2 is 1.92 bits per heavy atom. The lowest BCUT2D eigenvalue weighted by Gasteiger charge is -2.32. The quantitative estimate of drug-likeness (QED) is 0.789. The molecule has 2 rings (SSSR count). The molecular weight excluding hydrogens is 327 g/mol. The van der Waals surface area contributed by atoms with Crippen molar-refractivity contribution in [3.05, 3.63) is 35.6 Å². The number of benzene rings is 1. The summed E-state index contributed by atoms with van der Waals surface area (Å²) in [6.45, 7) is 8.74. The molecule has 1 saturated heterocycles. The molecule has 1 aliphatic rings. The summed E-state index contributed by atoms with van der Waals surface area (Å²) in [5, 5.41) is -0.110. The first-order valence-corrected chi connectivity index (χ1v) is 9.33. The monoisotopic (exact) mass is 352 g/mol. The van der Waals surface area contributed by atoms with Gasteiger partial charge in [-0.15, -0.1) is 11.8 Å². The fourth-order valence-corrected chi connectivity index (χ4v) is 3.99. The molecule has 0 saturated carbocycles. The zero-order valence-corrected chi connectivity index (χ0v) is 15.5. The van der Waals surface area contributed by atoms with Gasteiger partial charge in [0.1, 0.15) is 11.2 Å². The van der Waals surface area contributed by atoms with Crippen molar-refractivity contribution < 1.29 is 14.0 Å². The van der Waals surface area contributed by atoms with Gasteiger partial charge in [0.2, 0.25) is 11.8 Å². The van der Waals surface area contributed by atoms with E-state index in [1.54, 1.807) is 28.8 Å². The molecule has 1 atom stereocenters. The molecule has 1 heterocycles. The largest absolute Gasteiger partial charge is 0.338 e. The van der Waals surface area contributed by atoms with Crippen LogP contribution in [0, 0.1) is 11.7 Å². The number of hydrogen-bond acceptors (Lipinski definition) is 3. The standard InChI is InChI=1S/C18H25FN2O2S/c1-12(2)17(23)20(13(3)4)9-10-21-16(22)11-24-18(21)14-5-7-15(19)8-6-14/h5-8,12-13,18H,9-11H2,1-4H3/t18-/m1/s1. The number of hydrogen-bond donors (Lipinski definition) is 0. The highest BCUT2D eigenvalue weighted by Crippen LogP contribution is 2.38. The fourth-order valence-electron chi connectivity index (χ4n) is 2.77. The van der Waals surface area contributed by atoms with E-state index in [-0.39, 0.29) is 35.0 Å². The summed E-state index contributed by atoms with van der Waals surface area (Å²) in [6, 6.07) is 6.37. The summed E-state index contributed by atoms with van der Waals surface area (Å²) in [7, 11) is 0. The van der Waals surface area contributed by atoms with Crippen molar-refractivity contribution in [1.82, 2.24) is 9.80 Å². The topological polar surface area (TPSA) is 40.6 Å². The average molecular weight is 352 g/mol. The molecule has 2 amide bonds. The van der Waals surface area contributed by atoms with Gasteiger partial charge in [0, 0.05) is 25.0 Å². The van der Waals surface area contributed by atoms with E-state index in [2.05, 4.69) is 0 Å². The van der Waals surface area contributed by atoms with E-state index in [1.807, 2.05) is 32.6 Å². The number of halogens is 1. The molecule has 0 N–H and O–H groups in total. The predicted molar refractivity (Wildman–Crippen MR) is 95.0 cm³/mol. The van der Waals surface area contributed by atoms with E-state index >= 15 is 0 Å². The summed E-state index contributed by atoms with van der Waals surface area (Å²) in [4.78, 5) is 28.2. The summed E-state index contributed by atoms with van der Waals surface area (Å²) in [6.07, 6.45) is 0. The zero-order valence-electron chi connectivity index (χ0n) is 14.7. The zero-order chi connectivity index (χ0) is 17.9. The molecule has 6 heteroatoms. The Labute approximate surface area is 147 Å². The van der Waals surface area contributed by atoms with Crippen LogP contribution in [0.15, 0.2) is 24.3 Å². The van der Waals surface area contributed by atoms with Crippen LogP contribution in [0.2, 0.25) is 0 Å². The minimum Gasteiger partial charge on any atom is -0.338 e. The molecule has 1 aromatic rings. The van der Waals surface area contributed by atoms with Crippen molar-refractivity contribution in [2.24, 2.45) is 5.92 Å². The number of nitrogens with zero attached hydrogens (tertiary/aromatic N) is 2. The van der Waals surface area contributed by atoms with Crippen molar-refractivity contribution in [2.45, 2.75) is 39.1 Å². The minimum atomic E-state index is -0.284. The van der Waals surface area contributed by atoms with Crippen LogP contribution in [-0.4, -0.2) is 46.5 Å². The van der Waals surface area contributed by atoms with Crippen molar-refractivity contribution in [3.63, 3.8) is 0 Å². The molecular formula is C18H25FN2O2S. The van der Waals surface area contributed by atoms with Crippen LogP contribution in [0.1, 0.15) is 38.6 Å². The Kier molecular flexibility index (Phi) is 6.27. The molecule has 1 aliphatic heterocycles. The molecule has 1 aromatic carbocycles. The summed E-state index contributed by atoms with van der Waals surface area (Å²) in [5.74, 6) is 0.233. The van der Waals surface area contributed by atoms with Gasteiger partial charge in [0.15, 0.2) is 0 Å². The van der Waals surface area contributed by atoms with Gasteiger partial charge in [-0.05, 0) is 31.5 Å². The van der Waals surface area contributed by atoms with E-state index in [1.165, 1.54) is 12.1 Å². The second kappa shape index (κ2) is 8.01. The predicted octanol–water partition coefficient (Wildman–Crippen LogP) is 3.29. The number of thioether (sulfide) groups is 1. The maximum atomic E-state index is 13.1. The van der Waals surface area contributed by atoms with Gasteiger partial charge in [-0.2, -0.15) is 0 Å². The van der Waals surface area contributed by atoms with Crippen LogP contribution in [0.25, 0.3) is 0 Å². The van der Waals surface area contributed by atoms with Crippen LogP contribution in [-0.2, 0) is 9.59 Å². The van der Waals surface area contributed by atoms with Crippen molar-refractivity contribution in [2.75, 3.05) is 18.8 Å². The Balaban J connectivity index is 2.09. The Morgan fingerprint density at radius 3 is 2.46 bits per heavy atom. The third-order valence-electron chi connectivity index (χ3n) is 4.11. The lowest BCUT2D eigenvalue weighted by molar-refractivity contribution is -0.138. The molecule has 0 radical (unpaired) electrons. The van der Waals surface area contributed by atoms with Gasteiger partial charge in [-0.1, -0.05) is 26.0 Å². The van der Waals surface area contributed by atoms with Gasteiger partial charge in [0.25, 0.3) is 0 Å². The maximum absolute atomic E-state index is 13.1. The number of carbonyl (C=O) groups excluding carboxylic acids is 2. The SMILES string of the molecule is CC(C)C(=O)N(CCN1C(=O)CS[C@@H]1c1ccc(F)cc1)C(C)C. The highest BCUT2D eigenvalue weighted by atomic mass is 32.2. The first kappa shape index (κ1) is 18.8. The number of amides is 2. The maximum Gasteiger partial charge on any atom is 0.233 e. The molecule has 0 unspecified atom stereocenters. The molecule has 4 nitrogen and oxygen atoms in total. The van der Waals surface area contributed by atoms with Crippen LogP contribution in [0.3, 0.4) is 0 Å². The number of carbonyl (C=O) groups is 2. The van der Waals surface area contributed by atoms with Crippen LogP contribution >= 0.6 is 11.8 Å². The van der Waals surface area contributed by atoms with E-state index in [0.717, 1.165) is 5.56 Å². The van der Waals surface area contributed by atoms with Crippen molar-refractivity contribution in [3.8, 4) is 0 Å². The minimum absolute atomic E-state index is 0.0648. The summed E-state index contributed by atoms with van der Waals surface area (Å²) >= 11 is 1.54. The van der Waals surface area contributed by atoms with Gasteiger partial charge in [-0.25, -0.2) is 4.39 Å². The molecule has 1 fully saturated rings. The van der Waals surface area contributed by atoms with Crippen molar-refractivity contribution >= 4 is 23.6 Å². The molecule has 0 bridgehead atoms. The summed E-state index contributed by atoms with van der Waals surface area (Å²) in [5.41, 5.74) is 0.915. The number of rotatable bonds is 6. The smallest absolute Gasteiger partial charge is 0.233 e. The van der Waals surface area contributed by atoms with E-state index < -0.39 is 0 Å². The molecule has 132 valence electrons. The molecule has 0 aliphatic carbocycles. The average Bonchev–Trinajstić information content (AvgIpc) is 2.89. The van der Waals surface area contributed by atoms with Gasteiger partial charge in [-0.3, -0.25) is 9.59 Å². The van der Waals surface area contributed by atoms with E-state index in [0.29, 0.717) is 18.8 Å². The third kappa shape index (κ3) is 4.29. The highest BCUT2D eigenvalue weighted by molar-refractivity contribution is 8.00. The third-order valence-corrected chi connectivity index (χ3v) is 5.36. The lowest BCUT2D eigenvalue weighted by Crippen LogP contribution is -2.45. The van der Waals surface area contributed by atoms with Crippen LogP contribution < -0.4 is 0 Å². The highest BCUT2D eigenvalue weighted by Gasteiger charge is 2.33. The fraction of sp³-hybridized carbons (Fsp3) is 0.556. The molecule has 0 aromatic heterocycles. The Bertz CT molecular complexity index is 589. The van der Waals surface area contributed by atoms with Crippen LogP contribution in [0.5, 0.6) is 0 Å². The molecule has 0 spiro atoms. The molecule has 24 heavy (non-hydrogen) atoms.